The zero-order valence-electron chi connectivity index (χ0n) is 12.8. The van der Waals surface area contributed by atoms with Crippen LogP contribution in [0.15, 0.2) is 30.3 Å². The third-order valence-corrected chi connectivity index (χ3v) is 4.87. The number of benzene rings is 1. The molecule has 4 nitrogen and oxygen atoms in total. The maximum Gasteiger partial charge on any atom is 0.264 e. The fourth-order valence-electron chi connectivity index (χ4n) is 2.57. The summed E-state index contributed by atoms with van der Waals surface area (Å²) in [5.41, 5.74) is 2.22. The van der Waals surface area contributed by atoms with Gasteiger partial charge >= 0.3 is 0 Å². The average Bonchev–Trinajstić information content (AvgIpc) is 2.97. The number of hydrogen-bond acceptors (Lipinski definition) is 4. The van der Waals surface area contributed by atoms with E-state index in [9.17, 15) is 4.79 Å². The van der Waals surface area contributed by atoms with Crippen molar-refractivity contribution in [3.8, 4) is 16.9 Å². The summed E-state index contributed by atoms with van der Waals surface area (Å²) in [5, 5.41) is 0. The first-order chi connectivity index (χ1) is 10.7. The highest BCUT2D eigenvalue weighted by molar-refractivity contribution is 7.14. The molecule has 3 rings (SSSR count). The van der Waals surface area contributed by atoms with Crippen molar-refractivity contribution in [2.75, 3.05) is 33.4 Å². The number of nitrogens with zero attached hydrogens (tertiary/aromatic N) is 1. The van der Waals surface area contributed by atoms with Gasteiger partial charge in [-0.05, 0) is 36.2 Å². The van der Waals surface area contributed by atoms with E-state index in [1.807, 2.05) is 35.2 Å². The Balaban J connectivity index is 1.84. The molecule has 2 heterocycles. The molecule has 0 radical (unpaired) electrons. The summed E-state index contributed by atoms with van der Waals surface area (Å²) in [7, 11) is 1.66. The first kappa shape index (κ1) is 15.1. The molecule has 22 heavy (non-hydrogen) atoms. The lowest BCUT2D eigenvalue weighted by atomic mass is 10.1. The van der Waals surface area contributed by atoms with Gasteiger partial charge in [-0.25, -0.2) is 0 Å². The lowest BCUT2D eigenvalue weighted by Gasteiger charge is -2.26. The smallest absolute Gasteiger partial charge is 0.264 e. The second kappa shape index (κ2) is 6.50. The zero-order chi connectivity index (χ0) is 15.5. The molecule has 1 aliphatic rings. The molecule has 0 unspecified atom stereocenters. The SMILES string of the molecule is COc1ccc(-c2cc(C(=O)N3CCOCC3)sc2C)cc1. The largest absolute Gasteiger partial charge is 0.497 e. The summed E-state index contributed by atoms with van der Waals surface area (Å²) >= 11 is 1.56. The number of hydrogen-bond donors (Lipinski definition) is 0. The van der Waals surface area contributed by atoms with E-state index in [-0.39, 0.29) is 5.91 Å². The number of aryl methyl sites for hydroxylation is 1. The number of ether oxygens (including phenoxy) is 2. The van der Waals surface area contributed by atoms with Crippen LogP contribution in [0.25, 0.3) is 11.1 Å². The van der Waals surface area contributed by atoms with E-state index in [0.717, 1.165) is 26.6 Å². The Labute approximate surface area is 134 Å². The number of carbonyl (C=O) groups is 1. The van der Waals surface area contributed by atoms with Crippen molar-refractivity contribution in [3.63, 3.8) is 0 Å². The number of morpholine rings is 1. The van der Waals surface area contributed by atoms with Gasteiger partial charge < -0.3 is 14.4 Å². The first-order valence-corrected chi connectivity index (χ1v) is 8.12. The maximum atomic E-state index is 12.6. The van der Waals surface area contributed by atoms with Crippen molar-refractivity contribution in [1.82, 2.24) is 4.90 Å². The van der Waals surface area contributed by atoms with Crippen molar-refractivity contribution in [1.29, 1.82) is 0 Å². The molecule has 0 atom stereocenters. The molecule has 2 aromatic rings. The second-order valence-corrected chi connectivity index (χ2v) is 6.47. The third kappa shape index (κ3) is 3.00. The number of thiophene rings is 1. The fourth-order valence-corrected chi connectivity index (χ4v) is 3.58. The van der Waals surface area contributed by atoms with Crippen LogP contribution in [0.5, 0.6) is 5.75 Å². The van der Waals surface area contributed by atoms with Gasteiger partial charge in [0.2, 0.25) is 0 Å². The van der Waals surface area contributed by atoms with E-state index in [1.54, 1.807) is 18.4 Å². The molecule has 1 aromatic heterocycles. The molecule has 5 heteroatoms. The summed E-state index contributed by atoms with van der Waals surface area (Å²) in [6.07, 6.45) is 0. The third-order valence-electron chi connectivity index (χ3n) is 3.83. The van der Waals surface area contributed by atoms with Gasteiger partial charge in [0.15, 0.2) is 0 Å². The van der Waals surface area contributed by atoms with Crippen LogP contribution in [0.2, 0.25) is 0 Å². The van der Waals surface area contributed by atoms with Crippen molar-refractivity contribution in [3.05, 3.63) is 40.1 Å². The van der Waals surface area contributed by atoms with Crippen LogP contribution in [0.4, 0.5) is 0 Å². The van der Waals surface area contributed by atoms with E-state index in [0.29, 0.717) is 26.3 Å². The average molecular weight is 317 g/mol. The second-order valence-electron chi connectivity index (χ2n) is 5.21. The van der Waals surface area contributed by atoms with Gasteiger partial charge in [-0.2, -0.15) is 0 Å². The maximum absolute atomic E-state index is 12.6. The van der Waals surface area contributed by atoms with Gasteiger partial charge in [0.1, 0.15) is 5.75 Å². The van der Waals surface area contributed by atoms with Crippen molar-refractivity contribution in [2.24, 2.45) is 0 Å². The van der Waals surface area contributed by atoms with E-state index < -0.39 is 0 Å². The minimum Gasteiger partial charge on any atom is -0.497 e. The van der Waals surface area contributed by atoms with E-state index in [4.69, 9.17) is 9.47 Å². The highest BCUT2D eigenvalue weighted by Crippen LogP contribution is 2.32. The van der Waals surface area contributed by atoms with Crippen molar-refractivity contribution in [2.45, 2.75) is 6.92 Å². The predicted octanol–water partition coefficient (Wildman–Crippen LogP) is 3.20. The number of methoxy groups -OCH3 is 1. The minimum absolute atomic E-state index is 0.108. The molecule has 1 amide bonds. The Bertz CT molecular complexity index is 657. The summed E-state index contributed by atoms with van der Waals surface area (Å²) < 4.78 is 10.5. The highest BCUT2D eigenvalue weighted by Gasteiger charge is 2.21. The predicted molar refractivity (Wildman–Crippen MR) is 87.8 cm³/mol. The molecule has 1 aliphatic heterocycles. The summed E-state index contributed by atoms with van der Waals surface area (Å²) in [6.45, 7) is 4.66. The lowest BCUT2D eigenvalue weighted by Crippen LogP contribution is -2.40. The molecule has 0 saturated carbocycles. The van der Waals surface area contributed by atoms with Crippen LogP contribution in [-0.4, -0.2) is 44.2 Å². The van der Waals surface area contributed by atoms with Crippen molar-refractivity contribution < 1.29 is 14.3 Å². The van der Waals surface area contributed by atoms with Gasteiger partial charge in [-0.1, -0.05) is 12.1 Å². The molecule has 116 valence electrons. The summed E-state index contributed by atoms with van der Waals surface area (Å²) in [6, 6.07) is 9.93. The Morgan fingerprint density at radius 3 is 2.55 bits per heavy atom. The monoisotopic (exact) mass is 317 g/mol. The molecule has 1 aromatic carbocycles. The number of rotatable bonds is 3. The molecular weight excluding hydrogens is 298 g/mol. The summed E-state index contributed by atoms with van der Waals surface area (Å²) in [4.78, 5) is 16.4. The van der Waals surface area contributed by atoms with Gasteiger partial charge in [-0.15, -0.1) is 11.3 Å². The molecule has 1 saturated heterocycles. The zero-order valence-corrected chi connectivity index (χ0v) is 13.6. The standard InChI is InChI=1S/C17H19NO3S/c1-12-15(13-3-5-14(20-2)6-4-13)11-16(22-12)17(19)18-7-9-21-10-8-18/h3-6,11H,7-10H2,1-2H3. The molecule has 0 bridgehead atoms. The molecule has 1 fully saturated rings. The van der Waals surface area contributed by atoms with E-state index in [2.05, 4.69) is 6.92 Å². The Kier molecular flexibility index (Phi) is 4.45. The Hall–Kier alpha value is -1.85. The van der Waals surface area contributed by atoms with Crippen LogP contribution < -0.4 is 4.74 Å². The van der Waals surface area contributed by atoms with Gasteiger partial charge in [0, 0.05) is 18.0 Å². The lowest BCUT2D eigenvalue weighted by molar-refractivity contribution is 0.0306. The quantitative estimate of drug-likeness (QED) is 0.872. The van der Waals surface area contributed by atoms with Gasteiger partial charge in [0.05, 0.1) is 25.2 Å². The first-order valence-electron chi connectivity index (χ1n) is 7.31. The highest BCUT2D eigenvalue weighted by atomic mass is 32.1. The number of carbonyl (C=O) groups excluding carboxylic acids is 1. The molecule has 0 aliphatic carbocycles. The Morgan fingerprint density at radius 1 is 1.23 bits per heavy atom. The van der Waals surface area contributed by atoms with Crippen LogP contribution in [0.3, 0.4) is 0 Å². The number of amides is 1. The van der Waals surface area contributed by atoms with Gasteiger partial charge in [-0.3, -0.25) is 4.79 Å². The van der Waals surface area contributed by atoms with E-state index >= 15 is 0 Å². The van der Waals surface area contributed by atoms with Crippen LogP contribution >= 0.6 is 11.3 Å². The van der Waals surface area contributed by atoms with Crippen LogP contribution in [-0.2, 0) is 4.74 Å². The molecule has 0 N–H and O–H groups in total. The topological polar surface area (TPSA) is 38.8 Å². The minimum atomic E-state index is 0.108. The van der Waals surface area contributed by atoms with Crippen LogP contribution in [0.1, 0.15) is 14.5 Å². The van der Waals surface area contributed by atoms with Crippen molar-refractivity contribution >= 4 is 17.2 Å². The molecular formula is C17H19NO3S. The Morgan fingerprint density at radius 2 is 1.91 bits per heavy atom. The fraction of sp³-hybridized carbons (Fsp3) is 0.353. The van der Waals surface area contributed by atoms with Crippen LogP contribution in [0, 0.1) is 6.92 Å². The van der Waals surface area contributed by atoms with Gasteiger partial charge in [0.25, 0.3) is 5.91 Å². The molecule has 0 spiro atoms. The normalized spacial score (nSPS) is 14.9. The summed E-state index contributed by atoms with van der Waals surface area (Å²) in [5.74, 6) is 0.942. The van der Waals surface area contributed by atoms with E-state index in [1.165, 1.54) is 0 Å².